The highest BCUT2D eigenvalue weighted by Gasteiger charge is 2.18. The van der Waals surface area contributed by atoms with E-state index in [0.717, 1.165) is 11.3 Å². The quantitative estimate of drug-likeness (QED) is 0.534. The van der Waals surface area contributed by atoms with Crippen LogP contribution in [0, 0.1) is 0 Å². The van der Waals surface area contributed by atoms with Gasteiger partial charge in [-0.15, -0.1) is 0 Å². The maximum atomic E-state index is 12.3. The van der Waals surface area contributed by atoms with E-state index in [4.69, 9.17) is 15.2 Å². The molecule has 2 aromatic carbocycles. The molecule has 0 saturated carbocycles. The Morgan fingerprint density at radius 1 is 1.13 bits per heavy atom. The second-order valence-electron chi connectivity index (χ2n) is 5.48. The van der Waals surface area contributed by atoms with Crippen molar-refractivity contribution in [1.29, 1.82) is 0 Å². The van der Waals surface area contributed by atoms with Crippen LogP contribution in [0.1, 0.15) is 15.9 Å². The molecule has 118 valence electrons. The molecule has 2 N–H and O–H groups in total. The first kappa shape index (κ1) is 15.0. The van der Waals surface area contributed by atoms with Crippen LogP contribution in [0.15, 0.2) is 42.5 Å². The molecule has 23 heavy (non-hydrogen) atoms. The lowest BCUT2D eigenvalue weighted by atomic mass is 10.1. The summed E-state index contributed by atoms with van der Waals surface area (Å²) in [6.45, 7) is 0.153. The van der Waals surface area contributed by atoms with Crippen LogP contribution in [0.25, 0.3) is 6.08 Å². The van der Waals surface area contributed by atoms with Crippen LogP contribution >= 0.6 is 0 Å². The molecule has 0 radical (unpaired) electrons. The minimum Gasteiger partial charge on any atom is -0.454 e. The highest BCUT2D eigenvalue weighted by Crippen LogP contribution is 2.36. The minimum atomic E-state index is -0.169. The average molecular weight is 310 g/mol. The zero-order valence-electron chi connectivity index (χ0n) is 13.1. The van der Waals surface area contributed by atoms with Gasteiger partial charge in [0.15, 0.2) is 17.3 Å². The number of allylic oxidation sites excluding steroid dienone is 1. The van der Waals surface area contributed by atoms with E-state index in [-0.39, 0.29) is 12.6 Å². The van der Waals surface area contributed by atoms with Crippen molar-refractivity contribution in [3.63, 3.8) is 0 Å². The fraction of sp³-hybridized carbons (Fsp3) is 0.167. The van der Waals surface area contributed by atoms with E-state index in [1.165, 1.54) is 6.08 Å². The van der Waals surface area contributed by atoms with Gasteiger partial charge in [-0.2, -0.15) is 0 Å². The highest BCUT2D eigenvalue weighted by molar-refractivity contribution is 6.10. The van der Waals surface area contributed by atoms with Crippen molar-refractivity contribution >= 4 is 23.2 Å². The van der Waals surface area contributed by atoms with Gasteiger partial charge < -0.3 is 20.1 Å². The first-order chi connectivity index (χ1) is 11.0. The van der Waals surface area contributed by atoms with Gasteiger partial charge in [0.1, 0.15) is 0 Å². The molecular formula is C18H18N2O3. The number of hydrogen-bond donors (Lipinski definition) is 1. The fourth-order valence-electron chi connectivity index (χ4n) is 2.32. The maximum Gasteiger partial charge on any atom is 0.231 e. The number of ether oxygens (including phenoxy) is 2. The standard InChI is InChI=1S/C18H18N2O3/c1-20(2)13-6-3-12(4-7-13)5-8-16(21)14-9-17-18(10-15(14)19)23-11-22-17/h3-10H,11,19H2,1-2H3. The number of nitrogens with two attached hydrogens (primary N) is 1. The van der Waals surface area contributed by atoms with E-state index in [1.807, 2.05) is 43.3 Å². The Hall–Kier alpha value is -2.95. The predicted molar refractivity (Wildman–Crippen MR) is 91.1 cm³/mol. The first-order valence-electron chi connectivity index (χ1n) is 7.23. The van der Waals surface area contributed by atoms with Crippen LogP contribution in [0.2, 0.25) is 0 Å². The number of hydrogen-bond acceptors (Lipinski definition) is 5. The summed E-state index contributed by atoms with van der Waals surface area (Å²) < 4.78 is 10.5. The summed E-state index contributed by atoms with van der Waals surface area (Å²) in [5.74, 6) is 0.950. The van der Waals surface area contributed by atoms with Crippen molar-refractivity contribution in [1.82, 2.24) is 0 Å². The zero-order valence-corrected chi connectivity index (χ0v) is 13.1. The zero-order chi connectivity index (χ0) is 16.4. The molecule has 0 fully saturated rings. The van der Waals surface area contributed by atoms with Gasteiger partial charge in [0.05, 0.1) is 0 Å². The van der Waals surface area contributed by atoms with Crippen LogP contribution in [-0.4, -0.2) is 26.7 Å². The summed E-state index contributed by atoms with van der Waals surface area (Å²) in [5.41, 5.74) is 8.77. The molecule has 0 unspecified atom stereocenters. The molecule has 0 bridgehead atoms. The third-order valence-electron chi connectivity index (χ3n) is 3.65. The van der Waals surface area contributed by atoms with Crippen molar-refractivity contribution < 1.29 is 14.3 Å². The molecule has 0 spiro atoms. The summed E-state index contributed by atoms with van der Waals surface area (Å²) in [7, 11) is 3.97. The molecular weight excluding hydrogens is 292 g/mol. The number of anilines is 2. The molecule has 3 rings (SSSR count). The van der Waals surface area contributed by atoms with Crippen molar-refractivity contribution in [2.24, 2.45) is 0 Å². The summed E-state index contributed by atoms with van der Waals surface area (Å²) >= 11 is 0. The Morgan fingerprint density at radius 2 is 1.78 bits per heavy atom. The molecule has 2 aromatic rings. The number of nitrogens with zero attached hydrogens (tertiary/aromatic N) is 1. The van der Waals surface area contributed by atoms with Gasteiger partial charge in [-0.1, -0.05) is 18.2 Å². The molecule has 1 aliphatic rings. The second-order valence-corrected chi connectivity index (χ2v) is 5.48. The van der Waals surface area contributed by atoms with Gasteiger partial charge in [0.2, 0.25) is 6.79 Å². The van der Waals surface area contributed by atoms with Crippen LogP contribution in [-0.2, 0) is 0 Å². The summed E-state index contributed by atoms with van der Waals surface area (Å²) in [6, 6.07) is 11.2. The van der Waals surface area contributed by atoms with Crippen molar-refractivity contribution in [3.8, 4) is 11.5 Å². The SMILES string of the molecule is CN(C)c1ccc(C=CC(=O)c2cc3c(cc2N)OCO3)cc1. The fourth-order valence-corrected chi connectivity index (χ4v) is 2.32. The second kappa shape index (κ2) is 6.04. The molecule has 1 heterocycles. The maximum absolute atomic E-state index is 12.3. The molecule has 5 nitrogen and oxygen atoms in total. The smallest absolute Gasteiger partial charge is 0.231 e. The molecule has 5 heteroatoms. The van der Waals surface area contributed by atoms with Gasteiger partial charge in [-0.3, -0.25) is 4.79 Å². The monoisotopic (exact) mass is 310 g/mol. The van der Waals surface area contributed by atoms with Gasteiger partial charge >= 0.3 is 0 Å². The van der Waals surface area contributed by atoms with E-state index in [1.54, 1.807) is 18.2 Å². The molecule has 1 aliphatic heterocycles. The molecule has 0 aromatic heterocycles. The normalized spacial score (nSPS) is 12.6. The summed E-state index contributed by atoms with van der Waals surface area (Å²) in [6.07, 6.45) is 3.28. The number of ketones is 1. The van der Waals surface area contributed by atoms with Gasteiger partial charge in [0, 0.05) is 37.1 Å². The van der Waals surface area contributed by atoms with E-state index < -0.39 is 0 Å². The van der Waals surface area contributed by atoms with E-state index in [2.05, 4.69) is 0 Å². The first-order valence-corrected chi connectivity index (χ1v) is 7.23. The Morgan fingerprint density at radius 3 is 2.43 bits per heavy atom. The van der Waals surface area contributed by atoms with Crippen molar-refractivity contribution in [2.75, 3.05) is 31.5 Å². The highest BCUT2D eigenvalue weighted by atomic mass is 16.7. The van der Waals surface area contributed by atoms with E-state index in [9.17, 15) is 4.79 Å². The van der Waals surface area contributed by atoms with Crippen molar-refractivity contribution in [2.45, 2.75) is 0 Å². The Labute approximate surface area is 134 Å². The third kappa shape index (κ3) is 3.13. The van der Waals surface area contributed by atoms with Crippen LogP contribution in [0.3, 0.4) is 0 Å². The van der Waals surface area contributed by atoms with Gasteiger partial charge in [-0.25, -0.2) is 0 Å². The average Bonchev–Trinajstić information content (AvgIpc) is 2.99. The number of rotatable bonds is 4. The Kier molecular flexibility index (Phi) is 3.93. The molecule has 0 aliphatic carbocycles. The van der Waals surface area contributed by atoms with Gasteiger partial charge in [-0.05, 0) is 29.8 Å². The van der Waals surface area contributed by atoms with Crippen LogP contribution < -0.4 is 20.1 Å². The minimum absolute atomic E-state index is 0.153. The third-order valence-corrected chi connectivity index (χ3v) is 3.65. The lowest BCUT2D eigenvalue weighted by Gasteiger charge is -2.11. The number of benzene rings is 2. The number of fused-ring (bicyclic) bond motifs is 1. The topological polar surface area (TPSA) is 64.8 Å². The Balaban J connectivity index is 1.79. The lowest BCUT2D eigenvalue weighted by Crippen LogP contribution is -2.07. The molecule has 0 saturated heterocycles. The number of carbonyl (C=O) groups excluding carboxylic acids is 1. The van der Waals surface area contributed by atoms with E-state index >= 15 is 0 Å². The molecule has 0 atom stereocenters. The van der Waals surface area contributed by atoms with Crippen LogP contribution in [0.5, 0.6) is 11.5 Å². The largest absolute Gasteiger partial charge is 0.454 e. The summed E-state index contributed by atoms with van der Waals surface area (Å²) in [5, 5.41) is 0. The predicted octanol–water partition coefficient (Wildman–Crippen LogP) is 2.96. The Bertz CT molecular complexity index is 765. The van der Waals surface area contributed by atoms with Crippen LogP contribution in [0.4, 0.5) is 11.4 Å². The van der Waals surface area contributed by atoms with Crippen molar-refractivity contribution in [3.05, 3.63) is 53.6 Å². The van der Waals surface area contributed by atoms with E-state index in [0.29, 0.717) is 22.7 Å². The number of carbonyl (C=O) groups is 1. The lowest BCUT2D eigenvalue weighted by molar-refractivity contribution is 0.104. The van der Waals surface area contributed by atoms with Gasteiger partial charge in [0.25, 0.3) is 0 Å². The molecule has 0 amide bonds. The number of nitrogen functional groups attached to an aromatic ring is 1. The summed E-state index contributed by atoms with van der Waals surface area (Å²) in [4.78, 5) is 14.4.